The molecule has 0 spiro atoms. The van der Waals surface area contributed by atoms with E-state index in [9.17, 15) is 9.90 Å². The highest BCUT2D eigenvalue weighted by atomic mass is 16.5. The van der Waals surface area contributed by atoms with Crippen LogP contribution in [0.25, 0.3) is 0 Å². The Kier molecular flexibility index (Phi) is 3.82. The van der Waals surface area contributed by atoms with Crippen molar-refractivity contribution in [3.05, 3.63) is 0 Å². The molecule has 2 rings (SSSR count). The summed E-state index contributed by atoms with van der Waals surface area (Å²) in [6, 6.07) is 0. The third-order valence-electron chi connectivity index (χ3n) is 3.74. The molecule has 2 fully saturated rings. The zero-order valence-corrected chi connectivity index (χ0v) is 9.71. The van der Waals surface area contributed by atoms with Gasteiger partial charge in [0.1, 0.15) is 0 Å². The summed E-state index contributed by atoms with van der Waals surface area (Å²) in [5.41, 5.74) is -0.743. The lowest BCUT2D eigenvalue weighted by atomic mass is 9.83. The van der Waals surface area contributed by atoms with E-state index in [1.807, 2.05) is 0 Å². The highest BCUT2D eigenvalue weighted by Crippen LogP contribution is 2.29. The molecule has 4 heteroatoms. The Morgan fingerprint density at radius 1 is 1.38 bits per heavy atom. The molecule has 1 heterocycles. The quantitative estimate of drug-likeness (QED) is 0.748. The van der Waals surface area contributed by atoms with E-state index in [2.05, 4.69) is 5.32 Å². The van der Waals surface area contributed by atoms with Crippen LogP contribution < -0.4 is 5.32 Å². The zero-order valence-electron chi connectivity index (χ0n) is 9.71. The highest BCUT2D eigenvalue weighted by molar-refractivity contribution is 5.76. The van der Waals surface area contributed by atoms with E-state index in [1.165, 1.54) is 19.3 Å². The fraction of sp³-hybridized carbons (Fsp3) is 0.917. The molecule has 1 saturated heterocycles. The average Bonchev–Trinajstić information content (AvgIpc) is 2.22. The largest absolute Gasteiger partial charge is 0.388 e. The Balaban J connectivity index is 1.66. The maximum Gasteiger partial charge on any atom is 0.220 e. The van der Waals surface area contributed by atoms with Gasteiger partial charge in [-0.25, -0.2) is 0 Å². The molecule has 1 amide bonds. The van der Waals surface area contributed by atoms with Crippen LogP contribution in [-0.2, 0) is 9.53 Å². The molecule has 0 bridgehead atoms. The van der Waals surface area contributed by atoms with E-state index in [0.29, 0.717) is 44.9 Å². The lowest BCUT2D eigenvalue weighted by Gasteiger charge is -2.32. The van der Waals surface area contributed by atoms with E-state index >= 15 is 0 Å². The van der Waals surface area contributed by atoms with Crippen molar-refractivity contribution in [1.82, 2.24) is 5.32 Å². The van der Waals surface area contributed by atoms with Crippen LogP contribution in [0.2, 0.25) is 0 Å². The second-order valence-electron chi connectivity index (χ2n) is 5.11. The number of nitrogens with one attached hydrogen (secondary N) is 1. The van der Waals surface area contributed by atoms with Crippen LogP contribution in [-0.4, -0.2) is 36.4 Å². The van der Waals surface area contributed by atoms with Gasteiger partial charge in [-0.2, -0.15) is 0 Å². The van der Waals surface area contributed by atoms with Crippen LogP contribution in [0.4, 0.5) is 0 Å². The molecule has 4 nitrogen and oxygen atoms in total. The number of amides is 1. The minimum atomic E-state index is -0.743. The predicted molar refractivity (Wildman–Crippen MR) is 60.0 cm³/mol. The summed E-state index contributed by atoms with van der Waals surface area (Å²) in [7, 11) is 0. The van der Waals surface area contributed by atoms with Gasteiger partial charge in [0, 0.05) is 39.0 Å². The maximum atomic E-state index is 11.6. The smallest absolute Gasteiger partial charge is 0.220 e. The summed E-state index contributed by atoms with van der Waals surface area (Å²) in [4.78, 5) is 11.6. The van der Waals surface area contributed by atoms with Gasteiger partial charge in [0.25, 0.3) is 0 Å². The summed E-state index contributed by atoms with van der Waals surface area (Å²) < 4.78 is 5.19. The van der Waals surface area contributed by atoms with Crippen molar-refractivity contribution < 1.29 is 14.6 Å². The van der Waals surface area contributed by atoms with Crippen LogP contribution in [0.15, 0.2) is 0 Å². The molecule has 0 aromatic carbocycles. The number of rotatable bonds is 4. The summed E-state index contributed by atoms with van der Waals surface area (Å²) in [6.45, 7) is 1.56. The van der Waals surface area contributed by atoms with Crippen molar-refractivity contribution >= 4 is 5.91 Å². The van der Waals surface area contributed by atoms with Crippen LogP contribution in [0, 0.1) is 5.92 Å². The Morgan fingerprint density at radius 3 is 2.62 bits per heavy atom. The topological polar surface area (TPSA) is 58.6 Å². The molecular weight excluding hydrogens is 206 g/mol. The molecule has 0 unspecified atom stereocenters. The molecule has 0 atom stereocenters. The minimum Gasteiger partial charge on any atom is -0.388 e. The average molecular weight is 227 g/mol. The van der Waals surface area contributed by atoms with Crippen molar-refractivity contribution in [2.24, 2.45) is 5.92 Å². The molecular formula is C12H21NO3. The second kappa shape index (κ2) is 5.15. The molecule has 0 aromatic rings. The Morgan fingerprint density at radius 2 is 2.06 bits per heavy atom. The molecule has 16 heavy (non-hydrogen) atoms. The van der Waals surface area contributed by atoms with Gasteiger partial charge in [0.15, 0.2) is 0 Å². The maximum absolute atomic E-state index is 11.6. The van der Waals surface area contributed by atoms with Crippen LogP contribution in [0.1, 0.15) is 38.5 Å². The molecule has 1 saturated carbocycles. The van der Waals surface area contributed by atoms with Gasteiger partial charge in [-0.05, 0) is 18.8 Å². The fourth-order valence-electron chi connectivity index (χ4n) is 2.22. The standard InChI is InChI=1S/C12H21NO3/c14-11(8-10-2-1-3-10)13-9-12(15)4-6-16-7-5-12/h10,15H,1-9H2,(H,13,14). The van der Waals surface area contributed by atoms with E-state index in [-0.39, 0.29) is 5.91 Å². The van der Waals surface area contributed by atoms with Crippen molar-refractivity contribution in [2.75, 3.05) is 19.8 Å². The molecule has 2 aliphatic rings. The van der Waals surface area contributed by atoms with E-state index in [1.54, 1.807) is 0 Å². The molecule has 92 valence electrons. The van der Waals surface area contributed by atoms with Gasteiger partial charge < -0.3 is 15.2 Å². The Bertz CT molecular complexity index is 245. The lowest BCUT2D eigenvalue weighted by molar-refractivity contribution is -0.125. The fourth-order valence-corrected chi connectivity index (χ4v) is 2.22. The van der Waals surface area contributed by atoms with Crippen molar-refractivity contribution in [3.63, 3.8) is 0 Å². The molecule has 0 aromatic heterocycles. The second-order valence-corrected chi connectivity index (χ2v) is 5.11. The lowest BCUT2D eigenvalue weighted by Crippen LogP contribution is -2.47. The van der Waals surface area contributed by atoms with Gasteiger partial charge >= 0.3 is 0 Å². The predicted octanol–water partition coefficient (Wildman–Crippen LogP) is 0.834. The molecule has 0 radical (unpaired) electrons. The monoisotopic (exact) mass is 227 g/mol. The summed E-state index contributed by atoms with van der Waals surface area (Å²) in [6.07, 6.45) is 5.51. The van der Waals surface area contributed by atoms with Gasteiger partial charge in [-0.3, -0.25) is 4.79 Å². The highest BCUT2D eigenvalue weighted by Gasteiger charge is 2.30. The first kappa shape index (κ1) is 11.9. The van der Waals surface area contributed by atoms with Crippen LogP contribution in [0.3, 0.4) is 0 Å². The van der Waals surface area contributed by atoms with Gasteiger partial charge in [0.2, 0.25) is 5.91 Å². The first-order chi connectivity index (χ1) is 7.68. The molecule has 1 aliphatic heterocycles. The normalized spacial score (nSPS) is 24.8. The summed E-state index contributed by atoms with van der Waals surface area (Å²) >= 11 is 0. The van der Waals surface area contributed by atoms with E-state index in [4.69, 9.17) is 4.74 Å². The van der Waals surface area contributed by atoms with Gasteiger partial charge in [0.05, 0.1) is 5.60 Å². The molecule has 2 N–H and O–H groups in total. The number of hydrogen-bond acceptors (Lipinski definition) is 3. The van der Waals surface area contributed by atoms with Crippen LogP contribution >= 0.6 is 0 Å². The number of carbonyl (C=O) groups excluding carboxylic acids is 1. The number of aliphatic hydroxyl groups is 1. The van der Waals surface area contributed by atoms with E-state index < -0.39 is 5.60 Å². The van der Waals surface area contributed by atoms with Gasteiger partial charge in [-0.1, -0.05) is 6.42 Å². The van der Waals surface area contributed by atoms with E-state index in [0.717, 1.165) is 0 Å². The molecule has 1 aliphatic carbocycles. The summed E-state index contributed by atoms with van der Waals surface area (Å²) in [5.74, 6) is 0.675. The SMILES string of the molecule is O=C(CC1CCC1)NCC1(O)CCOCC1. The Labute approximate surface area is 96.4 Å². The number of ether oxygens (including phenoxy) is 1. The first-order valence-corrected chi connectivity index (χ1v) is 6.25. The van der Waals surface area contributed by atoms with Crippen molar-refractivity contribution in [1.29, 1.82) is 0 Å². The van der Waals surface area contributed by atoms with Crippen molar-refractivity contribution in [2.45, 2.75) is 44.1 Å². The number of hydrogen-bond donors (Lipinski definition) is 2. The minimum absolute atomic E-state index is 0.0876. The third-order valence-corrected chi connectivity index (χ3v) is 3.74. The van der Waals surface area contributed by atoms with Gasteiger partial charge in [-0.15, -0.1) is 0 Å². The van der Waals surface area contributed by atoms with Crippen LogP contribution in [0.5, 0.6) is 0 Å². The Hall–Kier alpha value is -0.610. The van der Waals surface area contributed by atoms with Crippen molar-refractivity contribution in [3.8, 4) is 0 Å². The third kappa shape index (κ3) is 3.19. The summed E-state index contributed by atoms with van der Waals surface area (Å²) in [5, 5.41) is 13.0. The number of carbonyl (C=O) groups is 1. The first-order valence-electron chi connectivity index (χ1n) is 6.25. The zero-order chi connectivity index (χ0) is 11.4.